The first-order chi connectivity index (χ1) is 11.6. The van der Waals surface area contributed by atoms with E-state index in [2.05, 4.69) is 26.1 Å². The van der Waals surface area contributed by atoms with Gasteiger partial charge in [0.05, 0.1) is 11.5 Å². The Hall–Kier alpha value is -1.41. The van der Waals surface area contributed by atoms with E-state index in [1.807, 2.05) is 19.2 Å². The highest BCUT2D eigenvalue weighted by atomic mass is 79.9. The van der Waals surface area contributed by atoms with Crippen LogP contribution in [0.3, 0.4) is 0 Å². The third-order valence-electron chi connectivity index (χ3n) is 4.38. The summed E-state index contributed by atoms with van der Waals surface area (Å²) in [4.78, 5) is 12.8. The standard InChI is InChI=1S/C17H20BrN3O3.ClH/c1-19-12-3-2-8-20(10-12)11-14-5-7-17(24-14)15-6-4-13(21(22)23)9-16(15)18;/h4-7,9,12,19H,2-3,8,10-11H2,1H3;1H. The van der Waals surface area contributed by atoms with Crippen molar-refractivity contribution in [3.05, 3.63) is 50.7 Å². The molecular weight excluding hydrogens is 410 g/mol. The average molecular weight is 431 g/mol. The molecule has 0 saturated carbocycles. The third kappa shape index (κ3) is 4.82. The zero-order valence-electron chi connectivity index (χ0n) is 13.9. The second-order valence-corrected chi connectivity index (χ2v) is 6.90. The summed E-state index contributed by atoms with van der Waals surface area (Å²) in [6.07, 6.45) is 2.40. The molecular formula is C17H21BrClN3O3. The van der Waals surface area contributed by atoms with Gasteiger partial charge < -0.3 is 9.73 Å². The zero-order valence-corrected chi connectivity index (χ0v) is 16.3. The van der Waals surface area contributed by atoms with Crippen LogP contribution in [0.25, 0.3) is 11.3 Å². The van der Waals surface area contributed by atoms with E-state index in [4.69, 9.17) is 4.42 Å². The fourth-order valence-electron chi connectivity index (χ4n) is 3.08. The van der Waals surface area contributed by atoms with E-state index in [1.165, 1.54) is 25.0 Å². The SMILES string of the molecule is CNC1CCCN(Cc2ccc(-c3ccc([N+](=O)[O-])cc3Br)o2)C1.Cl. The van der Waals surface area contributed by atoms with Gasteiger partial charge in [-0.2, -0.15) is 0 Å². The van der Waals surface area contributed by atoms with E-state index in [9.17, 15) is 10.1 Å². The van der Waals surface area contributed by atoms with Crippen molar-refractivity contribution in [2.75, 3.05) is 20.1 Å². The number of nitrogens with one attached hydrogen (secondary N) is 1. The van der Waals surface area contributed by atoms with Crippen molar-refractivity contribution in [1.82, 2.24) is 10.2 Å². The van der Waals surface area contributed by atoms with Crippen LogP contribution >= 0.6 is 28.3 Å². The predicted molar refractivity (Wildman–Crippen MR) is 103 cm³/mol. The van der Waals surface area contributed by atoms with Gasteiger partial charge in [0.2, 0.25) is 0 Å². The number of likely N-dealkylation sites (tertiary alicyclic amines) is 1. The van der Waals surface area contributed by atoms with E-state index in [1.54, 1.807) is 6.07 Å². The monoisotopic (exact) mass is 429 g/mol. The van der Waals surface area contributed by atoms with Crippen LogP contribution in [0, 0.1) is 10.1 Å². The number of nitro groups is 1. The number of nitrogens with zero attached hydrogens (tertiary/aromatic N) is 2. The molecule has 8 heteroatoms. The first-order valence-electron chi connectivity index (χ1n) is 7.99. The molecule has 1 unspecified atom stereocenters. The molecule has 1 aliphatic heterocycles. The van der Waals surface area contributed by atoms with Gasteiger partial charge in [-0.05, 0) is 60.6 Å². The van der Waals surface area contributed by atoms with Crippen molar-refractivity contribution < 1.29 is 9.34 Å². The molecule has 1 saturated heterocycles. The quantitative estimate of drug-likeness (QED) is 0.568. The minimum atomic E-state index is -0.406. The average Bonchev–Trinajstić information content (AvgIpc) is 3.03. The Morgan fingerprint density at radius 3 is 2.88 bits per heavy atom. The van der Waals surface area contributed by atoms with Crippen LogP contribution in [-0.4, -0.2) is 36.0 Å². The Balaban J connectivity index is 0.00000225. The Morgan fingerprint density at radius 1 is 1.40 bits per heavy atom. The maximum absolute atomic E-state index is 10.8. The summed E-state index contributed by atoms with van der Waals surface area (Å²) in [6, 6.07) is 9.14. The lowest BCUT2D eigenvalue weighted by Crippen LogP contribution is -2.43. The molecule has 0 bridgehead atoms. The maximum atomic E-state index is 10.8. The lowest BCUT2D eigenvalue weighted by Gasteiger charge is -2.31. The Morgan fingerprint density at radius 2 is 2.20 bits per heavy atom. The van der Waals surface area contributed by atoms with Gasteiger partial charge in [-0.15, -0.1) is 12.4 Å². The second kappa shape index (κ2) is 8.80. The summed E-state index contributed by atoms with van der Waals surface area (Å²) < 4.78 is 6.62. The highest BCUT2D eigenvalue weighted by Gasteiger charge is 2.20. The number of furan rings is 1. The van der Waals surface area contributed by atoms with Crippen molar-refractivity contribution in [3.63, 3.8) is 0 Å². The molecule has 2 heterocycles. The number of piperidine rings is 1. The number of non-ortho nitro benzene ring substituents is 1. The number of nitro benzene ring substituents is 1. The number of hydrogen-bond donors (Lipinski definition) is 1. The Kier molecular flexibility index (Phi) is 7.01. The Bertz CT molecular complexity index is 738. The van der Waals surface area contributed by atoms with Crippen molar-refractivity contribution in [2.24, 2.45) is 0 Å². The smallest absolute Gasteiger partial charge is 0.270 e. The first kappa shape index (κ1) is 19.9. The Labute approximate surface area is 161 Å². The predicted octanol–water partition coefficient (Wildman–Crippen LogP) is 4.22. The van der Waals surface area contributed by atoms with Gasteiger partial charge in [-0.3, -0.25) is 15.0 Å². The minimum Gasteiger partial charge on any atom is -0.460 e. The second-order valence-electron chi connectivity index (χ2n) is 6.05. The van der Waals surface area contributed by atoms with Gasteiger partial charge in [0.25, 0.3) is 5.69 Å². The molecule has 0 aliphatic carbocycles. The summed E-state index contributed by atoms with van der Waals surface area (Å²) in [5.74, 6) is 1.63. The number of rotatable bonds is 5. The lowest BCUT2D eigenvalue weighted by molar-refractivity contribution is -0.384. The summed E-state index contributed by atoms with van der Waals surface area (Å²) in [5, 5.41) is 14.2. The largest absolute Gasteiger partial charge is 0.460 e. The van der Waals surface area contributed by atoms with Crippen molar-refractivity contribution in [3.8, 4) is 11.3 Å². The van der Waals surface area contributed by atoms with Crippen molar-refractivity contribution >= 4 is 34.0 Å². The fraction of sp³-hybridized carbons (Fsp3) is 0.412. The van der Waals surface area contributed by atoms with Gasteiger partial charge in [0.15, 0.2) is 0 Å². The summed E-state index contributed by atoms with van der Waals surface area (Å²) in [7, 11) is 2.01. The number of benzene rings is 1. The molecule has 3 rings (SSSR count). The molecule has 1 fully saturated rings. The van der Waals surface area contributed by atoms with Crippen LogP contribution in [0.1, 0.15) is 18.6 Å². The minimum absolute atomic E-state index is 0. The highest BCUT2D eigenvalue weighted by molar-refractivity contribution is 9.10. The van der Waals surface area contributed by atoms with Crippen LogP contribution < -0.4 is 5.32 Å². The maximum Gasteiger partial charge on any atom is 0.270 e. The van der Waals surface area contributed by atoms with Gasteiger partial charge in [-0.1, -0.05) is 0 Å². The summed E-state index contributed by atoms with van der Waals surface area (Å²) in [6.45, 7) is 2.88. The third-order valence-corrected chi connectivity index (χ3v) is 5.04. The van der Waals surface area contributed by atoms with Gasteiger partial charge in [0, 0.05) is 34.8 Å². The van der Waals surface area contributed by atoms with Gasteiger partial charge in [0.1, 0.15) is 11.5 Å². The normalized spacial score (nSPS) is 17.9. The molecule has 0 radical (unpaired) electrons. The summed E-state index contributed by atoms with van der Waals surface area (Å²) in [5.41, 5.74) is 0.877. The lowest BCUT2D eigenvalue weighted by atomic mass is 10.1. The number of likely N-dealkylation sites (N-methyl/N-ethyl adjacent to an activating group) is 1. The van der Waals surface area contributed by atoms with E-state index in [0.717, 1.165) is 31.0 Å². The highest BCUT2D eigenvalue weighted by Crippen LogP contribution is 2.32. The topological polar surface area (TPSA) is 71.5 Å². The molecule has 2 aromatic rings. The molecule has 1 aromatic heterocycles. The molecule has 1 aliphatic rings. The van der Waals surface area contributed by atoms with Crippen LogP contribution in [0.4, 0.5) is 5.69 Å². The fourth-order valence-corrected chi connectivity index (χ4v) is 3.64. The molecule has 1 N–H and O–H groups in total. The van der Waals surface area contributed by atoms with Crippen LogP contribution in [0.15, 0.2) is 39.2 Å². The van der Waals surface area contributed by atoms with Crippen molar-refractivity contribution in [1.29, 1.82) is 0 Å². The molecule has 6 nitrogen and oxygen atoms in total. The molecule has 0 spiro atoms. The van der Waals surface area contributed by atoms with Crippen LogP contribution in [-0.2, 0) is 6.54 Å². The van der Waals surface area contributed by atoms with E-state index in [0.29, 0.717) is 16.3 Å². The molecule has 1 atom stereocenters. The number of halogens is 2. The van der Waals surface area contributed by atoms with Gasteiger partial charge in [-0.25, -0.2) is 0 Å². The summed E-state index contributed by atoms with van der Waals surface area (Å²) >= 11 is 3.39. The van der Waals surface area contributed by atoms with Crippen molar-refractivity contribution in [2.45, 2.75) is 25.4 Å². The number of hydrogen-bond acceptors (Lipinski definition) is 5. The van der Waals surface area contributed by atoms with E-state index < -0.39 is 4.92 Å². The molecule has 136 valence electrons. The molecule has 1 aromatic carbocycles. The van der Waals surface area contributed by atoms with E-state index in [-0.39, 0.29) is 18.1 Å². The zero-order chi connectivity index (χ0) is 17.1. The molecule has 25 heavy (non-hydrogen) atoms. The van der Waals surface area contributed by atoms with E-state index >= 15 is 0 Å². The van der Waals surface area contributed by atoms with Crippen LogP contribution in [0.5, 0.6) is 0 Å². The van der Waals surface area contributed by atoms with Crippen LogP contribution in [0.2, 0.25) is 0 Å². The molecule has 0 amide bonds. The van der Waals surface area contributed by atoms with Gasteiger partial charge >= 0.3 is 0 Å². The first-order valence-corrected chi connectivity index (χ1v) is 8.79.